The van der Waals surface area contributed by atoms with Crippen LogP contribution >= 0.6 is 23.2 Å². The van der Waals surface area contributed by atoms with Crippen LogP contribution in [-0.2, 0) is 10.3 Å². The van der Waals surface area contributed by atoms with Crippen LogP contribution in [0.5, 0.6) is 0 Å². The van der Waals surface area contributed by atoms with Crippen molar-refractivity contribution in [3.8, 4) is 0 Å². The smallest absolute Gasteiger partial charge is 0.238 e. The number of anilines is 1. The van der Waals surface area contributed by atoms with Crippen LogP contribution in [0.2, 0.25) is 10.0 Å². The number of carbonyl (C=O) groups is 1. The van der Waals surface area contributed by atoms with Gasteiger partial charge in [0.15, 0.2) is 0 Å². The summed E-state index contributed by atoms with van der Waals surface area (Å²) in [6.45, 7) is 6.16. The lowest BCUT2D eigenvalue weighted by atomic mass is 9.94. The number of rotatable bonds is 5. The van der Waals surface area contributed by atoms with Gasteiger partial charge in [0, 0.05) is 10.6 Å². The summed E-state index contributed by atoms with van der Waals surface area (Å²) in [6, 6.07) is 13.1. The van der Waals surface area contributed by atoms with E-state index in [1.807, 2.05) is 57.2 Å². The number of aryl methyl sites for hydroxylation is 1. The van der Waals surface area contributed by atoms with E-state index >= 15 is 0 Å². The van der Waals surface area contributed by atoms with Gasteiger partial charge in [-0.25, -0.2) is 0 Å². The monoisotopic (exact) mass is 350 g/mol. The molecule has 0 fully saturated rings. The molecule has 0 aliphatic carbocycles. The second-order valence-corrected chi connectivity index (χ2v) is 6.86. The van der Waals surface area contributed by atoms with Crippen LogP contribution < -0.4 is 10.6 Å². The summed E-state index contributed by atoms with van der Waals surface area (Å²) in [6.07, 6.45) is 0. The van der Waals surface area contributed by atoms with Gasteiger partial charge >= 0.3 is 0 Å². The van der Waals surface area contributed by atoms with Gasteiger partial charge in [-0.1, -0.05) is 41.4 Å². The Kier molecular flexibility index (Phi) is 5.69. The van der Waals surface area contributed by atoms with Gasteiger partial charge in [-0.2, -0.15) is 0 Å². The highest BCUT2D eigenvalue weighted by Gasteiger charge is 2.20. The lowest BCUT2D eigenvalue weighted by Crippen LogP contribution is -2.41. The molecule has 2 aromatic carbocycles. The largest absolute Gasteiger partial charge is 0.324 e. The highest BCUT2D eigenvalue weighted by atomic mass is 35.5. The number of carbonyl (C=O) groups excluding carboxylic acids is 1. The van der Waals surface area contributed by atoms with Crippen LogP contribution in [0.3, 0.4) is 0 Å². The third-order valence-electron chi connectivity index (χ3n) is 3.66. The van der Waals surface area contributed by atoms with Crippen molar-refractivity contribution in [2.75, 3.05) is 11.9 Å². The van der Waals surface area contributed by atoms with E-state index in [9.17, 15) is 4.79 Å². The Labute approximate surface area is 147 Å². The highest BCUT2D eigenvalue weighted by Crippen LogP contribution is 2.23. The van der Waals surface area contributed by atoms with E-state index < -0.39 is 0 Å². The Morgan fingerprint density at radius 3 is 2.35 bits per heavy atom. The van der Waals surface area contributed by atoms with E-state index in [-0.39, 0.29) is 18.0 Å². The molecular weight excluding hydrogens is 331 g/mol. The van der Waals surface area contributed by atoms with Gasteiger partial charge in [0.2, 0.25) is 5.91 Å². The summed E-state index contributed by atoms with van der Waals surface area (Å²) in [5, 5.41) is 7.29. The third-order valence-corrected chi connectivity index (χ3v) is 4.22. The molecule has 3 nitrogen and oxygen atoms in total. The minimum Gasteiger partial charge on any atom is -0.324 e. The fraction of sp³-hybridized carbons (Fsp3) is 0.278. The van der Waals surface area contributed by atoms with Crippen LogP contribution in [0.15, 0.2) is 42.5 Å². The highest BCUT2D eigenvalue weighted by molar-refractivity contribution is 6.33. The Hall–Kier alpha value is -1.55. The van der Waals surface area contributed by atoms with Gasteiger partial charge in [-0.3, -0.25) is 10.1 Å². The normalized spacial score (nSPS) is 11.3. The molecule has 0 radical (unpaired) electrons. The maximum atomic E-state index is 12.1. The number of halogens is 2. The summed E-state index contributed by atoms with van der Waals surface area (Å²) >= 11 is 12.0. The lowest BCUT2D eigenvalue weighted by molar-refractivity contribution is -0.115. The average Bonchev–Trinajstić information content (AvgIpc) is 2.49. The molecule has 0 saturated heterocycles. The van der Waals surface area contributed by atoms with Crippen molar-refractivity contribution in [3.05, 3.63) is 63.6 Å². The summed E-state index contributed by atoms with van der Waals surface area (Å²) in [7, 11) is 0. The van der Waals surface area contributed by atoms with Gasteiger partial charge in [-0.05, 0) is 56.2 Å². The Morgan fingerprint density at radius 1 is 1.09 bits per heavy atom. The zero-order valence-electron chi connectivity index (χ0n) is 13.4. The topological polar surface area (TPSA) is 41.1 Å². The molecule has 122 valence electrons. The van der Waals surface area contributed by atoms with Gasteiger partial charge in [-0.15, -0.1) is 0 Å². The number of amides is 1. The zero-order valence-corrected chi connectivity index (χ0v) is 14.9. The van der Waals surface area contributed by atoms with Crippen LogP contribution in [0.25, 0.3) is 0 Å². The molecule has 2 rings (SSSR count). The molecule has 1 amide bonds. The summed E-state index contributed by atoms with van der Waals surface area (Å²) < 4.78 is 0. The third kappa shape index (κ3) is 4.96. The molecular formula is C18H20Cl2N2O. The van der Waals surface area contributed by atoms with Crippen molar-refractivity contribution < 1.29 is 4.79 Å². The molecule has 0 aromatic heterocycles. The van der Waals surface area contributed by atoms with E-state index in [1.165, 1.54) is 0 Å². The molecule has 0 unspecified atom stereocenters. The van der Waals surface area contributed by atoms with Gasteiger partial charge in [0.1, 0.15) is 0 Å². The maximum absolute atomic E-state index is 12.1. The first kappa shape index (κ1) is 17.8. The summed E-state index contributed by atoms with van der Waals surface area (Å²) in [4.78, 5) is 12.1. The van der Waals surface area contributed by atoms with E-state index in [1.54, 1.807) is 6.07 Å². The molecule has 0 aliphatic rings. The van der Waals surface area contributed by atoms with Gasteiger partial charge < -0.3 is 5.32 Å². The molecule has 23 heavy (non-hydrogen) atoms. The van der Waals surface area contributed by atoms with Crippen LogP contribution in [0.4, 0.5) is 5.69 Å². The molecule has 0 bridgehead atoms. The van der Waals surface area contributed by atoms with Crippen molar-refractivity contribution in [1.82, 2.24) is 5.32 Å². The standard InChI is InChI=1S/C18H20Cl2N2O/c1-12-4-9-16(15(20)10-12)22-17(23)11-21-18(2,3)13-5-7-14(19)8-6-13/h4-10,21H,11H2,1-3H3,(H,22,23). The predicted molar refractivity (Wildman–Crippen MR) is 97.3 cm³/mol. The number of hydrogen-bond donors (Lipinski definition) is 2. The first-order chi connectivity index (χ1) is 10.8. The van der Waals surface area contributed by atoms with E-state index in [2.05, 4.69) is 10.6 Å². The van der Waals surface area contributed by atoms with E-state index in [0.717, 1.165) is 11.1 Å². The Morgan fingerprint density at radius 2 is 1.74 bits per heavy atom. The quantitative estimate of drug-likeness (QED) is 0.815. The number of nitrogens with one attached hydrogen (secondary N) is 2. The fourth-order valence-electron chi connectivity index (χ4n) is 2.19. The molecule has 2 N–H and O–H groups in total. The second kappa shape index (κ2) is 7.35. The fourth-order valence-corrected chi connectivity index (χ4v) is 2.59. The first-order valence-corrected chi connectivity index (χ1v) is 8.10. The minimum atomic E-state index is -0.348. The molecule has 0 atom stereocenters. The Balaban J connectivity index is 1.96. The maximum Gasteiger partial charge on any atom is 0.238 e. The first-order valence-electron chi connectivity index (χ1n) is 7.35. The van der Waals surface area contributed by atoms with Crippen molar-refractivity contribution in [3.63, 3.8) is 0 Å². The van der Waals surface area contributed by atoms with Crippen LogP contribution in [0.1, 0.15) is 25.0 Å². The van der Waals surface area contributed by atoms with Crippen molar-refractivity contribution in [1.29, 1.82) is 0 Å². The predicted octanol–water partition coefficient (Wildman–Crippen LogP) is 4.77. The zero-order chi connectivity index (χ0) is 17.0. The van der Waals surface area contributed by atoms with Gasteiger partial charge in [0.25, 0.3) is 0 Å². The van der Waals surface area contributed by atoms with Crippen LogP contribution in [-0.4, -0.2) is 12.5 Å². The van der Waals surface area contributed by atoms with Crippen LogP contribution in [0, 0.1) is 6.92 Å². The molecule has 0 saturated carbocycles. The molecule has 0 spiro atoms. The van der Waals surface area contributed by atoms with E-state index in [4.69, 9.17) is 23.2 Å². The lowest BCUT2D eigenvalue weighted by Gasteiger charge is -2.27. The molecule has 5 heteroatoms. The summed E-state index contributed by atoms with van der Waals surface area (Å²) in [5.41, 5.74) is 2.38. The average molecular weight is 351 g/mol. The Bertz CT molecular complexity index is 697. The molecule has 0 heterocycles. The SMILES string of the molecule is Cc1ccc(NC(=O)CNC(C)(C)c2ccc(Cl)cc2)c(Cl)c1. The summed E-state index contributed by atoms with van der Waals surface area (Å²) in [5.74, 6) is -0.141. The number of benzene rings is 2. The molecule has 0 aliphatic heterocycles. The second-order valence-electron chi connectivity index (χ2n) is 6.02. The van der Waals surface area contributed by atoms with E-state index in [0.29, 0.717) is 15.7 Å². The molecule has 2 aromatic rings. The van der Waals surface area contributed by atoms with Crippen molar-refractivity contribution >= 4 is 34.8 Å². The minimum absolute atomic E-state index is 0.141. The van der Waals surface area contributed by atoms with Gasteiger partial charge in [0.05, 0.1) is 17.3 Å². The van der Waals surface area contributed by atoms with Crippen molar-refractivity contribution in [2.45, 2.75) is 26.3 Å². The van der Waals surface area contributed by atoms with Crippen molar-refractivity contribution in [2.24, 2.45) is 0 Å². The number of hydrogen-bond acceptors (Lipinski definition) is 2.